The van der Waals surface area contributed by atoms with Crippen molar-refractivity contribution in [3.05, 3.63) is 31.6 Å². The third-order valence-corrected chi connectivity index (χ3v) is 3.43. The minimum atomic E-state index is -0.750. The van der Waals surface area contributed by atoms with Gasteiger partial charge >= 0.3 is 0 Å². The van der Waals surface area contributed by atoms with Gasteiger partial charge in [0.25, 0.3) is 5.69 Å². The number of anilines is 1. The number of nitrogens with zero attached hydrogens (tertiary/aromatic N) is 1. The summed E-state index contributed by atoms with van der Waals surface area (Å²) in [7, 11) is 1.51. The molecule has 1 unspecified atom stereocenters. The van der Waals surface area contributed by atoms with Crippen LogP contribution < -0.4 is 10.6 Å². The zero-order valence-electron chi connectivity index (χ0n) is 11.5. The van der Waals surface area contributed by atoms with Crippen molar-refractivity contribution >= 4 is 39.9 Å². The lowest BCUT2D eigenvalue weighted by molar-refractivity contribution is -0.384. The maximum atomic E-state index is 13.5. The maximum absolute atomic E-state index is 13.5. The highest BCUT2D eigenvalue weighted by atomic mass is 127. The summed E-state index contributed by atoms with van der Waals surface area (Å²) in [6.07, 6.45) is 0. The third kappa shape index (κ3) is 5.08. The van der Waals surface area contributed by atoms with Crippen molar-refractivity contribution in [3.8, 4) is 0 Å². The predicted molar refractivity (Wildman–Crippen MR) is 83.7 cm³/mol. The van der Waals surface area contributed by atoms with Gasteiger partial charge in [0.05, 0.1) is 15.1 Å². The molecule has 0 spiro atoms. The number of nitro benzene ring substituents is 1. The van der Waals surface area contributed by atoms with Crippen LogP contribution in [0.25, 0.3) is 0 Å². The van der Waals surface area contributed by atoms with Gasteiger partial charge in [0.2, 0.25) is 5.91 Å². The molecule has 1 aromatic rings. The molecule has 1 amide bonds. The first-order valence-corrected chi connectivity index (χ1v) is 7.11. The van der Waals surface area contributed by atoms with E-state index in [1.807, 2.05) is 0 Å². The van der Waals surface area contributed by atoms with Crippen molar-refractivity contribution in [1.82, 2.24) is 5.32 Å². The molecule has 0 aliphatic carbocycles. The molecular weight excluding hydrogens is 396 g/mol. The van der Waals surface area contributed by atoms with E-state index < -0.39 is 16.8 Å². The average molecular weight is 411 g/mol. The Morgan fingerprint density at radius 3 is 2.81 bits per heavy atom. The van der Waals surface area contributed by atoms with Crippen LogP contribution in [0.15, 0.2) is 12.1 Å². The van der Waals surface area contributed by atoms with Gasteiger partial charge in [-0.3, -0.25) is 14.9 Å². The van der Waals surface area contributed by atoms with Crippen molar-refractivity contribution in [3.63, 3.8) is 0 Å². The number of carbonyl (C=O) groups is 1. The highest BCUT2D eigenvalue weighted by Gasteiger charge is 2.21. The fraction of sp³-hybridized carbons (Fsp3) is 0.417. The molecule has 0 aliphatic heterocycles. The molecule has 0 saturated carbocycles. The molecule has 0 heterocycles. The number of hydrogen-bond acceptors (Lipinski definition) is 5. The molecule has 0 bridgehead atoms. The van der Waals surface area contributed by atoms with Crippen LogP contribution in [0.4, 0.5) is 15.8 Å². The number of nitro groups is 1. The third-order valence-electron chi connectivity index (χ3n) is 2.61. The van der Waals surface area contributed by atoms with Gasteiger partial charge in [0, 0.05) is 25.8 Å². The van der Waals surface area contributed by atoms with Crippen molar-refractivity contribution < 1.29 is 18.8 Å². The largest absolute Gasteiger partial charge is 0.383 e. The molecule has 9 heteroatoms. The van der Waals surface area contributed by atoms with Gasteiger partial charge in [-0.05, 0) is 29.5 Å². The van der Waals surface area contributed by atoms with Gasteiger partial charge in [-0.25, -0.2) is 4.39 Å². The van der Waals surface area contributed by atoms with Crippen molar-refractivity contribution in [2.75, 3.05) is 25.6 Å². The summed E-state index contributed by atoms with van der Waals surface area (Å²) in [5.74, 6) is -0.948. The molecule has 0 aliphatic rings. The molecule has 0 fully saturated rings. The first kappa shape index (κ1) is 17.6. The molecule has 1 aromatic carbocycles. The van der Waals surface area contributed by atoms with Crippen LogP contribution in [0.1, 0.15) is 6.92 Å². The van der Waals surface area contributed by atoms with Crippen LogP contribution in [-0.4, -0.2) is 37.1 Å². The van der Waals surface area contributed by atoms with Crippen LogP contribution in [0.5, 0.6) is 0 Å². The Kier molecular flexibility index (Phi) is 6.75. The van der Waals surface area contributed by atoms with Gasteiger partial charge in [-0.1, -0.05) is 0 Å². The zero-order valence-corrected chi connectivity index (χ0v) is 13.6. The Labute approximate surface area is 134 Å². The molecule has 7 nitrogen and oxygen atoms in total. The summed E-state index contributed by atoms with van der Waals surface area (Å²) in [6.45, 7) is 2.21. The summed E-state index contributed by atoms with van der Waals surface area (Å²) in [5, 5.41) is 16.2. The van der Waals surface area contributed by atoms with Crippen molar-refractivity contribution in [1.29, 1.82) is 0 Å². The quantitative estimate of drug-likeness (QED) is 0.310. The molecule has 1 rings (SSSR count). The Bertz CT molecular complexity index is 541. The normalized spacial score (nSPS) is 11.8. The Morgan fingerprint density at radius 1 is 1.57 bits per heavy atom. The summed E-state index contributed by atoms with van der Waals surface area (Å²) in [6, 6.07) is 1.38. The van der Waals surface area contributed by atoms with E-state index in [1.165, 1.54) is 14.0 Å². The molecule has 0 aromatic heterocycles. The Hall–Kier alpha value is -1.49. The Balaban J connectivity index is 2.84. The van der Waals surface area contributed by atoms with E-state index in [0.29, 0.717) is 13.2 Å². The highest BCUT2D eigenvalue weighted by molar-refractivity contribution is 14.1. The molecule has 1 atom stereocenters. The van der Waals surface area contributed by atoms with Crippen LogP contribution in [-0.2, 0) is 9.53 Å². The number of carbonyl (C=O) groups excluding carboxylic acids is 1. The number of nitrogens with one attached hydrogen (secondary N) is 2. The lowest BCUT2D eigenvalue weighted by atomic mass is 10.2. The number of hydrogen-bond donors (Lipinski definition) is 2. The predicted octanol–water partition coefficient (Wildman–Crippen LogP) is 1.90. The van der Waals surface area contributed by atoms with Gasteiger partial charge in [0.15, 0.2) is 0 Å². The van der Waals surface area contributed by atoms with Crippen molar-refractivity contribution in [2.24, 2.45) is 0 Å². The summed E-state index contributed by atoms with van der Waals surface area (Å²) < 4.78 is 18.5. The molecule has 2 N–H and O–H groups in total. The van der Waals surface area contributed by atoms with Gasteiger partial charge in [-0.2, -0.15) is 0 Å². The molecule has 0 radical (unpaired) electrons. The van der Waals surface area contributed by atoms with E-state index in [4.69, 9.17) is 4.74 Å². The Morgan fingerprint density at radius 2 is 2.24 bits per heavy atom. The number of rotatable bonds is 7. The number of ether oxygens (including phenoxy) is 1. The van der Waals surface area contributed by atoms with Crippen LogP contribution in [0.3, 0.4) is 0 Å². The van der Waals surface area contributed by atoms with Gasteiger partial charge in [-0.15, -0.1) is 0 Å². The monoisotopic (exact) mass is 411 g/mol. The number of amides is 1. The first-order chi connectivity index (χ1) is 9.86. The molecule has 116 valence electrons. The summed E-state index contributed by atoms with van der Waals surface area (Å²) in [5.41, 5.74) is -0.315. The van der Waals surface area contributed by atoms with E-state index >= 15 is 0 Å². The number of halogens is 2. The summed E-state index contributed by atoms with van der Waals surface area (Å²) in [4.78, 5) is 22.1. The maximum Gasteiger partial charge on any atom is 0.293 e. The van der Waals surface area contributed by atoms with E-state index in [1.54, 1.807) is 22.6 Å². The second kappa shape index (κ2) is 8.08. The summed E-state index contributed by atoms with van der Waals surface area (Å²) >= 11 is 1.67. The lowest BCUT2D eigenvalue weighted by Gasteiger charge is -2.15. The molecule has 21 heavy (non-hydrogen) atoms. The fourth-order valence-corrected chi connectivity index (χ4v) is 1.98. The van der Waals surface area contributed by atoms with E-state index in [-0.39, 0.29) is 20.9 Å². The second-order valence-corrected chi connectivity index (χ2v) is 5.35. The van der Waals surface area contributed by atoms with Crippen LogP contribution in [0.2, 0.25) is 0 Å². The average Bonchev–Trinajstić information content (AvgIpc) is 2.42. The first-order valence-electron chi connectivity index (χ1n) is 6.03. The fourth-order valence-electron chi connectivity index (χ4n) is 1.53. The molecule has 0 saturated heterocycles. The topological polar surface area (TPSA) is 93.5 Å². The minimum absolute atomic E-state index is 0.0349. The van der Waals surface area contributed by atoms with Crippen LogP contribution in [0, 0.1) is 19.5 Å². The zero-order chi connectivity index (χ0) is 16.0. The van der Waals surface area contributed by atoms with Gasteiger partial charge < -0.3 is 15.4 Å². The molecular formula is C12H15FIN3O4. The number of methoxy groups -OCH3 is 1. The van der Waals surface area contributed by atoms with E-state index in [2.05, 4.69) is 10.6 Å². The van der Waals surface area contributed by atoms with Gasteiger partial charge in [0.1, 0.15) is 17.5 Å². The second-order valence-electron chi connectivity index (χ2n) is 4.19. The highest BCUT2D eigenvalue weighted by Crippen LogP contribution is 2.29. The SMILES string of the molecule is COCCNC(=O)C(C)Nc1cc(F)c(I)cc1[N+](=O)[O-]. The number of benzene rings is 1. The lowest BCUT2D eigenvalue weighted by Crippen LogP contribution is -2.39. The van der Waals surface area contributed by atoms with Crippen LogP contribution >= 0.6 is 22.6 Å². The van der Waals surface area contributed by atoms with Crippen molar-refractivity contribution in [2.45, 2.75) is 13.0 Å². The van der Waals surface area contributed by atoms with E-state index in [0.717, 1.165) is 12.1 Å². The minimum Gasteiger partial charge on any atom is -0.383 e. The van der Waals surface area contributed by atoms with E-state index in [9.17, 15) is 19.3 Å². The standard InChI is InChI=1S/C12H15FIN3O4/c1-7(12(18)15-3-4-21-2)16-10-5-8(13)9(14)6-11(10)17(19)20/h5-7,16H,3-4H2,1-2H3,(H,15,18). The smallest absolute Gasteiger partial charge is 0.293 e.